The molecule has 1 amide bonds. The van der Waals surface area contributed by atoms with E-state index in [1.165, 1.54) is 12.4 Å². The lowest BCUT2D eigenvalue weighted by atomic mass is 10.0. The third kappa shape index (κ3) is 4.86. The summed E-state index contributed by atoms with van der Waals surface area (Å²) in [6.45, 7) is 8.83. The summed E-state index contributed by atoms with van der Waals surface area (Å²) >= 11 is 0. The van der Waals surface area contributed by atoms with Crippen molar-refractivity contribution in [3.63, 3.8) is 0 Å². The van der Waals surface area contributed by atoms with E-state index < -0.39 is 0 Å². The molecule has 2 aromatic carbocycles. The minimum Gasteiger partial charge on any atom is -0.457 e. The largest absolute Gasteiger partial charge is 0.457 e. The average molecular weight is 537 g/mol. The van der Waals surface area contributed by atoms with Gasteiger partial charge in [0.2, 0.25) is 11.9 Å². The summed E-state index contributed by atoms with van der Waals surface area (Å²) in [5.74, 6) is 2.34. The molecule has 202 valence electrons. The number of anilines is 3. The number of aromatic nitrogens is 7. The number of amides is 1. The van der Waals surface area contributed by atoms with Gasteiger partial charge in [-0.05, 0) is 62.2 Å². The van der Waals surface area contributed by atoms with Crippen LogP contribution in [0.2, 0.25) is 0 Å². The van der Waals surface area contributed by atoms with E-state index in [0.717, 1.165) is 34.5 Å². The maximum absolute atomic E-state index is 11.9. The summed E-state index contributed by atoms with van der Waals surface area (Å²) in [4.78, 5) is 32.0. The van der Waals surface area contributed by atoms with Gasteiger partial charge in [0.15, 0.2) is 5.82 Å². The summed E-state index contributed by atoms with van der Waals surface area (Å²) in [6.07, 6.45) is 5.23. The molecule has 1 saturated heterocycles. The number of hydrogen-bond acceptors (Lipinski definition) is 10. The fourth-order valence-electron chi connectivity index (χ4n) is 4.86. The fraction of sp³-hybridized carbons (Fsp3) is 0.250. The van der Waals surface area contributed by atoms with Crippen LogP contribution in [0.25, 0.3) is 22.1 Å². The van der Waals surface area contributed by atoms with E-state index in [1.54, 1.807) is 10.9 Å². The summed E-state index contributed by atoms with van der Waals surface area (Å²) in [7, 11) is 1.85. The predicted molar refractivity (Wildman–Crippen MR) is 152 cm³/mol. The Labute approximate surface area is 230 Å². The number of hydrogen-bond donors (Lipinski definition) is 2. The van der Waals surface area contributed by atoms with E-state index in [-0.39, 0.29) is 11.4 Å². The van der Waals surface area contributed by atoms with Crippen molar-refractivity contribution in [1.82, 2.24) is 40.2 Å². The molecule has 12 heteroatoms. The molecule has 0 bridgehead atoms. The molecule has 1 aliphatic heterocycles. The number of nitrogens with zero attached hydrogens (tertiary/aromatic N) is 8. The van der Waals surface area contributed by atoms with Crippen LogP contribution in [0.1, 0.15) is 18.9 Å². The first-order valence-corrected chi connectivity index (χ1v) is 12.8. The second-order valence-corrected chi connectivity index (χ2v) is 10.1. The Hall–Kier alpha value is -5.13. The SMILES string of the molecule is C=CC(=O)NC1(C)CCN(c2ncc3ncnc(Nc4ccc(Oc5ccc6c(c5)nnn6C)c(C)c4)c3n2)C1. The smallest absolute Gasteiger partial charge is 0.243 e. The maximum Gasteiger partial charge on any atom is 0.243 e. The Morgan fingerprint density at radius 3 is 2.85 bits per heavy atom. The molecule has 0 spiro atoms. The van der Waals surface area contributed by atoms with Crippen molar-refractivity contribution < 1.29 is 9.53 Å². The van der Waals surface area contributed by atoms with Gasteiger partial charge in [0.05, 0.1) is 17.3 Å². The van der Waals surface area contributed by atoms with Crippen LogP contribution in [0.4, 0.5) is 17.5 Å². The van der Waals surface area contributed by atoms with Crippen molar-refractivity contribution in [2.75, 3.05) is 23.3 Å². The summed E-state index contributed by atoms with van der Waals surface area (Å²) in [5, 5.41) is 14.6. The first-order chi connectivity index (χ1) is 19.3. The van der Waals surface area contributed by atoms with Crippen LogP contribution in [0.5, 0.6) is 11.5 Å². The number of aryl methyl sites for hydroxylation is 2. The maximum atomic E-state index is 11.9. The molecule has 6 rings (SSSR count). The number of benzene rings is 2. The van der Waals surface area contributed by atoms with Crippen LogP contribution in [0.3, 0.4) is 0 Å². The minimum absolute atomic E-state index is 0.193. The molecular formula is C28H28N10O2. The van der Waals surface area contributed by atoms with E-state index in [2.05, 4.69) is 42.5 Å². The van der Waals surface area contributed by atoms with Crippen LogP contribution in [0.15, 0.2) is 61.6 Å². The van der Waals surface area contributed by atoms with Crippen molar-refractivity contribution >= 4 is 45.4 Å². The van der Waals surface area contributed by atoms with Gasteiger partial charge in [0.25, 0.3) is 0 Å². The van der Waals surface area contributed by atoms with Crippen LogP contribution in [-0.4, -0.2) is 59.5 Å². The monoisotopic (exact) mass is 536 g/mol. The zero-order chi connectivity index (χ0) is 27.9. The molecule has 0 saturated carbocycles. The lowest BCUT2D eigenvalue weighted by Crippen LogP contribution is -2.47. The molecule has 0 aliphatic carbocycles. The molecule has 4 heterocycles. The second-order valence-electron chi connectivity index (χ2n) is 10.1. The van der Waals surface area contributed by atoms with E-state index in [9.17, 15) is 4.79 Å². The number of carbonyl (C=O) groups is 1. The number of rotatable bonds is 7. The highest BCUT2D eigenvalue weighted by Gasteiger charge is 2.36. The molecule has 5 aromatic rings. The third-order valence-electron chi connectivity index (χ3n) is 6.98. The first kappa shape index (κ1) is 25.2. The highest BCUT2D eigenvalue weighted by molar-refractivity contribution is 5.88. The lowest BCUT2D eigenvalue weighted by Gasteiger charge is -2.25. The summed E-state index contributed by atoms with van der Waals surface area (Å²) in [5.41, 5.74) is 4.31. The van der Waals surface area contributed by atoms with Gasteiger partial charge < -0.3 is 20.3 Å². The molecule has 0 radical (unpaired) electrons. The molecular weight excluding hydrogens is 508 g/mol. The number of nitrogens with one attached hydrogen (secondary N) is 2. The van der Waals surface area contributed by atoms with Crippen LogP contribution in [-0.2, 0) is 11.8 Å². The van der Waals surface area contributed by atoms with Crippen LogP contribution < -0.4 is 20.3 Å². The second kappa shape index (κ2) is 9.88. The highest BCUT2D eigenvalue weighted by Crippen LogP contribution is 2.31. The summed E-state index contributed by atoms with van der Waals surface area (Å²) < 4.78 is 7.86. The van der Waals surface area contributed by atoms with Gasteiger partial charge in [-0.15, -0.1) is 5.10 Å². The van der Waals surface area contributed by atoms with Crippen molar-refractivity contribution in [3.05, 3.63) is 67.1 Å². The first-order valence-electron chi connectivity index (χ1n) is 12.8. The van der Waals surface area contributed by atoms with Crippen molar-refractivity contribution in [1.29, 1.82) is 0 Å². The zero-order valence-electron chi connectivity index (χ0n) is 22.4. The van der Waals surface area contributed by atoms with Gasteiger partial charge in [-0.1, -0.05) is 11.8 Å². The van der Waals surface area contributed by atoms with Crippen molar-refractivity contribution in [3.8, 4) is 11.5 Å². The number of ether oxygens (including phenoxy) is 1. The molecule has 12 nitrogen and oxygen atoms in total. The van der Waals surface area contributed by atoms with Gasteiger partial charge in [0, 0.05) is 31.9 Å². The molecule has 40 heavy (non-hydrogen) atoms. The van der Waals surface area contributed by atoms with Gasteiger partial charge in [-0.3, -0.25) is 4.79 Å². The molecule has 1 aliphatic rings. The average Bonchev–Trinajstić information content (AvgIpc) is 3.52. The Kier molecular flexibility index (Phi) is 6.21. The molecule has 1 atom stereocenters. The standard InChI is InChI=1S/C28H28N10O2/c1-5-24(39)34-28(3)10-11-38(15-28)27-29-14-21-25(33-27)26(31-16-30-21)32-18-6-9-23(17(2)12-18)40-19-7-8-22-20(13-19)35-36-37(22)4/h5-9,12-14,16H,1,10-11,15H2,2-4H3,(H,34,39)(H,30,31,32). The van der Waals surface area contributed by atoms with Crippen LogP contribution >= 0.6 is 0 Å². The topological polar surface area (TPSA) is 136 Å². The van der Waals surface area contributed by atoms with Crippen molar-refractivity contribution in [2.45, 2.75) is 25.8 Å². The van der Waals surface area contributed by atoms with E-state index in [1.807, 2.05) is 62.2 Å². The Morgan fingerprint density at radius 1 is 1.15 bits per heavy atom. The number of fused-ring (bicyclic) bond motifs is 2. The van der Waals surface area contributed by atoms with E-state index in [0.29, 0.717) is 41.6 Å². The quantitative estimate of drug-likeness (QED) is 0.296. The Balaban J connectivity index is 1.22. The normalized spacial score (nSPS) is 16.8. The highest BCUT2D eigenvalue weighted by atomic mass is 16.5. The molecule has 1 fully saturated rings. The van der Waals surface area contributed by atoms with Gasteiger partial charge in [-0.25, -0.2) is 24.6 Å². The fourth-order valence-corrected chi connectivity index (χ4v) is 4.86. The number of carbonyl (C=O) groups excluding carboxylic acids is 1. The molecule has 1 unspecified atom stereocenters. The van der Waals surface area contributed by atoms with Gasteiger partial charge >= 0.3 is 0 Å². The van der Waals surface area contributed by atoms with Crippen molar-refractivity contribution in [2.24, 2.45) is 7.05 Å². The van der Waals surface area contributed by atoms with Gasteiger partial charge in [0.1, 0.15) is 34.4 Å². The van der Waals surface area contributed by atoms with Crippen LogP contribution in [0, 0.1) is 6.92 Å². The molecule has 2 N–H and O–H groups in total. The Bertz CT molecular complexity index is 1770. The predicted octanol–water partition coefficient (Wildman–Crippen LogP) is 3.82. The minimum atomic E-state index is -0.389. The zero-order valence-corrected chi connectivity index (χ0v) is 22.4. The molecule has 3 aromatic heterocycles. The lowest BCUT2D eigenvalue weighted by molar-refractivity contribution is -0.117. The van der Waals surface area contributed by atoms with E-state index in [4.69, 9.17) is 9.72 Å². The summed E-state index contributed by atoms with van der Waals surface area (Å²) in [6, 6.07) is 11.5. The van der Waals surface area contributed by atoms with Gasteiger partial charge in [-0.2, -0.15) is 0 Å². The Morgan fingerprint density at radius 2 is 2.02 bits per heavy atom. The third-order valence-corrected chi connectivity index (χ3v) is 6.98. The van der Waals surface area contributed by atoms with E-state index >= 15 is 0 Å².